The third-order valence-corrected chi connectivity index (χ3v) is 32.2. The Morgan fingerprint density at radius 3 is 2.48 bits per heavy atom. The van der Waals surface area contributed by atoms with E-state index >= 15 is 9.59 Å². The van der Waals surface area contributed by atoms with Crippen LogP contribution in [0.4, 0.5) is 0 Å². The number of nitrogens with one attached hydrogen (secondary N) is 4. The number of imidazole rings is 1. The van der Waals surface area contributed by atoms with Gasteiger partial charge in [0.2, 0.25) is 0 Å². The second-order valence-corrected chi connectivity index (χ2v) is 36.1. The number of esters is 2. The van der Waals surface area contributed by atoms with Gasteiger partial charge in [-0.3, -0.25) is 19.8 Å². The number of nitrogens with zero attached hydrogens (tertiary/aromatic N) is 2. The van der Waals surface area contributed by atoms with Gasteiger partial charge in [-0.1, -0.05) is 139 Å². The van der Waals surface area contributed by atoms with Gasteiger partial charge in [0.05, 0.1) is 40.8 Å². The zero-order chi connectivity index (χ0) is 68.2. The van der Waals surface area contributed by atoms with E-state index in [-0.39, 0.29) is 130 Å². The highest BCUT2D eigenvalue weighted by atomic mass is 33.1. The number of carbonyl (C=O) groups is 4. The van der Waals surface area contributed by atoms with E-state index in [1.54, 1.807) is 17.1 Å². The Morgan fingerprint density at radius 1 is 0.792 bits per heavy atom. The van der Waals surface area contributed by atoms with Gasteiger partial charge in [0.1, 0.15) is 22.7 Å². The summed E-state index contributed by atoms with van der Waals surface area (Å²) in [6.45, 7) is 2.86. The Labute approximate surface area is 601 Å². The number of amides is 2. The number of imide groups is 1. The van der Waals surface area contributed by atoms with Crippen LogP contribution in [-0.2, 0) is 35.1 Å². The molecule has 1 aromatic heterocycles. The molecule has 2 aromatic rings. The van der Waals surface area contributed by atoms with E-state index in [4.69, 9.17) is 9.47 Å². The van der Waals surface area contributed by atoms with Crippen molar-refractivity contribution in [2.75, 3.05) is 19.7 Å². The van der Waals surface area contributed by atoms with Crippen LogP contribution in [0.15, 0.2) is 160 Å². The average molecular weight is 1400 g/mol. The van der Waals surface area contributed by atoms with Gasteiger partial charge in [-0.15, -0.1) is 0 Å². The van der Waals surface area contributed by atoms with Crippen molar-refractivity contribution in [2.45, 2.75) is 170 Å². The summed E-state index contributed by atoms with van der Waals surface area (Å²) in [5, 5.41) is 49.2. The molecule has 7 aliphatic heterocycles. The molecular weight excluding hydrogens is 1300 g/mol. The van der Waals surface area contributed by atoms with Gasteiger partial charge in [-0.05, 0) is 213 Å². The summed E-state index contributed by atoms with van der Waals surface area (Å²) < 4.78 is 14.1. The number of hydrogen-bond acceptors (Lipinski definition) is 15. The minimum atomic E-state index is -1.07. The van der Waals surface area contributed by atoms with Gasteiger partial charge in [0.15, 0.2) is 0 Å². The van der Waals surface area contributed by atoms with Gasteiger partial charge in [-0.25, -0.2) is 14.6 Å². The molecule has 15 nitrogen and oxygen atoms in total. The number of ether oxygens (including phenoxy) is 2. The van der Waals surface area contributed by atoms with Crippen molar-refractivity contribution >= 4 is 45.3 Å². The van der Waals surface area contributed by atoms with E-state index in [2.05, 4.69) is 105 Å². The molecule has 8 heterocycles. The number of carbonyl (C=O) groups excluding carboxylic acids is 4. The fourth-order valence-electron chi connectivity index (χ4n) is 25.1. The molecule has 2 amide bonds. The number of aromatic amines is 1. The Balaban J connectivity index is 0.789. The summed E-state index contributed by atoms with van der Waals surface area (Å²) in [6.07, 6.45) is 42.1. The van der Waals surface area contributed by atoms with Gasteiger partial charge in [-0.2, -0.15) is 0 Å². The number of rotatable bonds is 11. The fourth-order valence-corrected chi connectivity index (χ4v) is 28.0. The molecule has 19 aliphatic rings. The summed E-state index contributed by atoms with van der Waals surface area (Å²) in [4.78, 5) is 69.4. The first-order valence-electron chi connectivity index (χ1n) is 38.9. The van der Waals surface area contributed by atoms with Crippen molar-refractivity contribution in [3.05, 3.63) is 171 Å². The lowest BCUT2D eigenvalue weighted by atomic mass is 9.42. The van der Waals surface area contributed by atoms with Crippen LogP contribution in [-0.4, -0.2) is 103 Å². The summed E-state index contributed by atoms with van der Waals surface area (Å²) in [5.74, 6) is 7.92. The first-order chi connectivity index (χ1) is 49.4. The first kappa shape index (κ1) is 65.4. The lowest BCUT2D eigenvalue weighted by Crippen LogP contribution is -2.57. The van der Waals surface area contributed by atoms with Crippen LogP contribution < -0.4 is 16.0 Å². The monoisotopic (exact) mass is 1400 g/mol. The molecule has 5 saturated carbocycles. The van der Waals surface area contributed by atoms with E-state index in [0.29, 0.717) is 48.5 Å². The second-order valence-electron chi connectivity index (χ2n) is 33.5. The van der Waals surface area contributed by atoms with Crippen LogP contribution in [0.2, 0.25) is 0 Å². The highest BCUT2D eigenvalue weighted by Crippen LogP contribution is 2.74. The molecule has 0 unspecified atom stereocenters. The van der Waals surface area contributed by atoms with E-state index in [0.717, 1.165) is 166 Å². The van der Waals surface area contributed by atoms with Crippen LogP contribution in [0.3, 0.4) is 0 Å². The number of allylic oxidation sites excluding steroid dienone is 9. The molecule has 1 aromatic carbocycles. The highest BCUT2D eigenvalue weighted by molar-refractivity contribution is 8.77. The Kier molecular flexibility index (Phi) is 16.7. The van der Waals surface area contributed by atoms with E-state index in [9.17, 15) is 24.9 Å². The van der Waals surface area contributed by atoms with E-state index < -0.39 is 35.4 Å². The third kappa shape index (κ3) is 10.5. The van der Waals surface area contributed by atoms with Crippen molar-refractivity contribution in [3.8, 4) is 11.8 Å². The van der Waals surface area contributed by atoms with Gasteiger partial charge < -0.3 is 40.4 Å². The summed E-state index contributed by atoms with van der Waals surface area (Å²) in [6, 6.07) is 10.0. The fraction of sp³-hybridized carbons (Fsp3) is 0.583. The van der Waals surface area contributed by atoms with Crippen LogP contribution in [0.5, 0.6) is 0 Å². The lowest BCUT2D eigenvalue weighted by molar-refractivity contribution is -0.138. The minimum Gasteiger partial charge on any atom is -0.427 e. The standard InChI is InChI=1S/C84H96N6O9S2/c1-2-83(31-6-7-32-83)63-23-16-50-39-61-56-29-33-84(74(61)73-71(50)78(63)99-81(73)96)65-25-21-59(70-49-14-13-46-15-18-57-53(51(42-91)36-44(35-49)37-60(46)70)19-20-54(76(57)94)45-9-4-3-5-10-45)80(88-64-24-17-47-11-8-12-48(69(47)77(64)95)38-52-40-85-43-87-52)101-100-66-26-22-58-55(30-34-86-79(58)89-66)62(72(56)75(84)82(97)98-65)41-90-67(92)27-28-68(90)93/h3-5,9-10,13-14,19-20,22,25-28,30,40,43-44,46-51,53-54,56-57,59-62,64,66,69-70,74,76-77,80,86,88-89,91,94-95H,2,6-8,11-12,16-17,21,23-24,29,31-39,41-42H2,1H3,(H,85,87)/b65-25+/t44-,46-,47-,48+,49+,50-,51-,53-,54+,56-,57+,59+,60+,61-,62+,64-,66-,69-,70-,74+,76+,77+,80-,84-/m0/s1. The molecule has 17 heteroatoms. The molecule has 528 valence electrons. The summed E-state index contributed by atoms with van der Waals surface area (Å²) >= 11 is 0. The molecule has 1 spiro atoms. The zero-order valence-corrected chi connectivity index (χ0v) is 59.5. The Bertz CT molecular complexity index is 4130. The number of H-pyrrole nitrogens is 1. The number of fused-ring (bicyclic) bond motifs is 11. The van der Waals surface area contributed by atoms with Crippen molar-refractivity contribution in [2.24, 2.45) is 111 Å². The predicted molar refractivity (Wildman–Crippen MR) is 386 cm³/mol. The van der Waals surface area contributed by atoms with Crippen molar-refractivity contribution in [1.29, 1.82) is 0 Å². The largest absolute Gasteiger partial charge is 0.427 e. The van der Waals surface area contributed by atoms with Crippen LogP contribution in [0.25, 0.3) is 0 Å². The second kappa shape index (κ2) is 25.7. The predicted octanol–water partition coefficient (Wildman–Crippen LogP) is 12.3. The maximum Gasteiger partial charge on any atom is 0.340 e. The van der Waals surface area contributed by atoms with Crippen LogP contribution in [0, 0.1) is 123 Å². The summed E-state index contributed by atoms with van der Waals surface area (Å²) in [5.41, 5.74) is 7.72. The number of dihydropyridines is 2. The number of aromatic nitrogens is 2. The van der Waals surface area contributed by atoms with E-state index in [1.807, 2.05) is 35.2 Å². The maximum absolute atomic E-state index is 16.3. The van der Waals surface area contributed by atoms with Crippen LogP contribution >= 0.6 is 21.6 Å². The topological polar surface area (TPSA) is 215 Å². The normalized spacial score (nSPS) is 42.5. The third-order valence-electron chi connectivity index (χ3n) is 29.3. The molecular formula is C84H96N6O9S2. The maximum atomic E-state index is 16.3. The molecule has 6 fully saturated rings. The molecule has 12 bridgehead atoms. The van der Waals surface area contributed by atoms with Crippen LogP contribution in [0.1, 0.15) is 146 Å². The number of hydrogen-bond donors (Lipinski definition) is 7. The van der Waals surface area contributed by atoms with Gasteiger partial charge in [0, 0.05) is 90.2 Å². The molecule has 0 radical (unpaired) electrons. The molecule has 12 aliphatic carbocycles. The van der Waals surface area contributed by atoms with Gasteiger partial charge in [0.25, 0.3) is 11.8 Å². The minimum absolute atomic E-state index is 0.00623. The number of aliphatic hydroxyl groups is 3. The highest BCUT2D eigenvalue weighted by Gasteiger charge is 2.71. The molecule has 1 saturated heterocycles. The SMILES string of the molecule is CCC1(C2=C3OC(=O)C4=C3[C@@H](CC2)C[C@H]2[C@@H]3CC[C@@]5(C6=C3[C@H](CN3C(=O)C=CC3=O)C3=CCNC7=C3C=C[C@@H](N7)SS[C@H](N[C@H]3CC[C@@H]7CCC[C@H](Cc8cnc[nH]8)[C@H]7[C@@H]3O)[C@@H]([C@H]3[C@@H]7C[C@@H]8C[C@@H](CO)[C@@H]9C=C[C@H](c%10ccccc%10)[C@@H](O)[C@@H]9C#C[C@@H]7C=C[C@@H]3C8)C/C=C\5OC6=O)[C@@H]42)CCCC1. The Morgan fingerprint density at radius 2 is 1.65 bits per heavy atom. The molecule has 101 heavy (non-hydrogen) atoms. The van der Waals surface area contributed by atoms with Crippen molar-refractivity contribution in [1.82, 2.24) is 30.8 Å². The lowest BCUT2D eigenvalue weighted by Gasteiger charge is -2.58. The van der Waals surface area contributed by atoms with Gasteiger partial charge >= 0.3 is 11.9 Å². The van der Waals surface area contributed by atoms with E-state index in [1.165, 1.54) is 22.6 Å². The smallest absolute Gasteiger partial charge is 0.340 e. The number of aliphatic hydroxyl groups excluding tert-OH is 3. The average Bonchev–Trinajstić information content (AvgIpc) is 1.58. The quantitative estimate of drug-likeness (QED) is 0.0366. The van der Waals surface area contributed by atoms with Crippen molar-refractivity contribution < 1.29 is 44.0 Å². The summed E-state index contributed by atoms with van der Waals surface area (Å²) in [7, 11) is 3.65. The first-order valence-corrected chi connectivity index (χ1v) is 41.2. The molecule has 7 N–H and O–H groups in total. The number of benzene rings is 1. The molecule has 24 atom stereocenters. The Hall–Kier alpha value is -6.39. The molecule has 21 rings (SSSR count). The van der Waals surface area contributed by atoms with Crippen molar-refractivity contribution in [3.63, 3.8) is 0 Å². The zero-order valence-electron chi connectivity index (χ0n) is 57.9.